The Bertz CT molecular complexity index is 929. The van der Waals surface area contributed by atoms with Crippen molar-refractivity contribution in [1.29, 1.82) is 0 Å². The summed E-state index contributed by atoms with van der Waals surface area (Å²) in [4.78, 5) is 37.2. The van der Waals surface area contributed by atoms with Gasteiger partial charge in [-0.25, -0.2) is 4.79 Å². The first-order valence-electron chi connectivity index (χ1n) is 9.76. The quantitative estimate of drug-likeness (QED) is 0.442. The van der Waals surface area contributed by atoms with Crippen molar-refractivity contribution in [1.82, 2.24) is 25.9 Å². The van der Waals surface area contributed by atoms with E-state index in [0.29, 0.717) is 28.9 Å². The summed E-state index contributed by atoms with van der Waals surface area (Å²) < 4.78 is 0.627. The summed E-state index contributed by atoms with van der Waals surface area (Å²) >= 11 is 2.55. The Labute approximate surface area is 182 Å². The standard InChI is InChI=1S/C19H22N6O3S2/c26-14(24-25-15(27)19(21-17(25)28)9-5-2-6-10-19)12-29-18-23-22-16(30-18)20-11-13-7-3-1-4-8-13/h1,3-4,7-8H,2,5-6,9-12H2,(H,20,22)(H,21,28)(H,24,26). The fourth-order valence-electron chi connectivity index (χ4n) is 3.61. The molecule has 1 aromatic carbocycles. The zero-order valence-corrected chi connectivity index (χ0v) is 17.9. The van der Waals surface area contributed by atoms with Crippen molar-refractivity contribution in [2.24, 2.45) is 0 Å². The second-order valence-corrected chi connectivity index (χ2v) is 9.45. The first kappa shape index (κ1) is 20.6. The van der Waals surface area contributed by atoms with Crippen LogP contribution in [0.25, 0.3) is 0 Å². The Hall–Kier alpha value is -2.66. The Kier molecular flexibility index (Phi) is 6.18. The van der Waals surface area contributed by atoms with E-state index in [1.807, 2.05) is 30.3 Å². The molecule has 9 nitrogen and oxygen atoms in total. The van der Waals surface area contributed by atoms with Gasteiger partial charge in [0, 0.05) is 6.54 Å². The normalized spacial score (nSPS) is 17.8. The van der Waals surface area contributed by atoms with Crippen molar-refractivity contribution in [3.63, 3.8) is 0 Å². The summed E-state index contributed by atoms with van der Waals surface area (Å²) in [6.07, 6.45) is 4.06. The molecule has 1 aliphatic heterocycles. The third-order valence-corrected chi connectivity index (χ3v) is 7.14. The van der Waals surface area contributed by atoms with Gasteiger partial charge >= 0.3 is 6.03 Å². The molecule has 11 heteroatoms. The number of benzene rings is 1. The van der Waals surface area contributed by atoms with Gasteiger partial charge in [-0.15, -0.1) is 10.2 Å². The number of thioether (sulfide) groups is 1. The molecule has 4 amide bonds. The summed E-state index contributed by atoms with van der Waals surface area (Å²) in [7, 11) is 0. The molecule has 4 rings (SSSR count). The summed E-state index contributed by atoms with van der Waals surface area (Å²) in [5.74, 6) is -0.781. The summed E-state index contributed by atoms with van der Waals surface area (Å²) in [6.45, 7) is 0.633. The van der Waals surface area contributed by atoms with Crippen LogP contribution < -0.4 is 16.1 Å². The molecular weight excluding hydrogens is 424 g/mol. The highest BCUT2D eigenvalue weighted by Gasteiger charge is 2.52. The number of urea groups is 1. The zero-order valence-electron chi connectivity index (χ0n) is 16.2. The second-order valence-electron chi connectivity index (χ2n) is 7.25. The molecule has 2 heterocycles. The van der Waals surface area contributed by atoms with Crippen LogP contribution in [0.15, 0.2) is 34.7 Å². The molecule has 2 aliphatic rings. The second kappa shape index (κ2) is 9.00. The lowest BCUT2D eigenvalue weighted by molar-refractivity contribution is -0.139. The Morgan fingerprint density at radius 1 is 1.17 bits per heavy atom. The molecule has 1 spiro atoms. The number of carbonyl (C=O) groups is 3. The highest BCUT2D eigenvalue weighted by Crippen LogP contribution is 2.33. The highest BCUT2D eigenvalue weighted by atomic mass is 32.2. The number of hydrogen-bond donors (Lipinski definition) is 3. The van der Waals surface area contributed by atoms with Crippen molar-refractivity contribution >= 4 is 46.1 Å². The molecule has 0 unspecified atom stereocenters. The van der Waals surface area contributed by atoms with Crippen LogP contribution in [0.3, 0.4) is 0 Å². The Balaban J connectivity index is 1.25. The molecule has 1 saturated heterocycles. The maximum atomic E-state index is 12.7. The average Bonchev–Trinajstić information content (AvgIpc) is 3.31. The van der Waals surface area contributed by atoms with Gasteiger partial charge in [-0.1, -0.05) is 72.7 Å². The van der Waals surface area contributed by atoms with Gasteiger partial charge in [0.2, 0.25) is 11.0 Å². The molecule has 2 fully saturated rings. The van der Waals surface area contributed by atoms with Crippen LogP contribution in [-0.4, -0.2) is 44.3 Å². The van der Waals surface area contributed by atoms with Gasteiger partial charge in [0.1, 0.15) is 5.54 Å². The minimum Gasteiger partial charge on any atom is -0.356 e. The fourth-order valence-corrected chi connectivity index (χ4v) is 5.15. The predicted octanol–water partition coefficient (Wildman–Crippen LogP) is 2.53. The van der Waals surface area contributed by atoms with Gasteiger partial charge in [0.25, 0.3) is 5.91 Å². The molecular formula is C19H22N6O3S2. The monoisotopic (exact) mass is 446 g/mol. The summed E-state index contributed by atoms with van der Waals surface area (Å²) in [5, 5.41) is 15.6. The van der Waals surface area contributed by atoms with Gasteiger partial charge in [0.15, 0.2) is 4.34 Å². The van der Waals surface area contributed by atoms with E-state index in [9.17, 15) is 14.4 Å². The van der Waals surface area contributed by atoms with Gasteiger partial charge < -0.3 is 10.6 Å². The number of rotatable bonds is 7. The van der Waals surface area contributed by atoms with Gasteiger partial charge in [-0.05, 0) is 18.4 Å². The molecule has 0 bridgehead atoms. The van der Waals surface area contributed by atoms with Gasteiger partial charge in [-0.3, -0.25) is 15.0 Å². The first-order chi connectivity index (χ1) is 14.6. The van der Waals surface area contributed by atoms with Crippen LogP contribution in [0.4, 0.5) is 9.93 Å². The van der Waals surface area contributed by atoms with Crippen LogP contribution in [0.5, 0.6) is 0 Å². The van der Waals surface area contributed by atoms with E-state index < -0.39 is 17.5 Å². The van der Waals surface area contributed by atoms with Crippen molar-refractivity contribution in [2.75, 3.05) is 11.1 Å². The number of carbonyl (C=O) groups excluding carboxylic acids is 3. The van der Waals surface area contributed by atoms with E-state index >= 15 is 0 Å². The van der Waals surface area contributed by atoms with E-state index in [2.05, 4.69) is 26.3 Å². The van der Waals surface area contributed by atoms with E-state index in [0.717, 1.165) is 29.8 Å². The number of hydrogen-bond acceptors (Lipinski definition) is 8. The summed E-state index contributed by atoms with van der Waals surface area (Å²) in [6, 6.07) is 9.37. The fraction of sp³-hybridized carbons (Fsp3) is 0.421. The predicted molar refractivity (Wildman–Crippen MR) is 114 cm³/mol. The average molecular weight is 447 g/mol. The molecule has 0 radical (unpaired) electrons. The Morgan fingerprint density at radius 3 is 2.70 bits per heavy atom. The van der Waals surface area contributed by atoms with Crippen LogP contribution >= 0.6 is 23.1 Å². The molecule has 158 valence electrons. The maximum absolute atomic E-state index is 12.7. The smallest absolute Gasteiger partial charge is 0.344 e. The van der Waals surface area contributed by atoms with E-state index in [1.54, 1.807) is 0 Å². The van der Waals surface area contributed by atoms with E-state index in [1.165, 1.54) is 23.1 Å². The number of nitrogens with one attached hydrogen (secondary N) is 3. The Morgan fingerprint density at radius 2 is 1.93 bits per heavy atom. The lowest BCUT2D eigenvalue weighted by Gasteiger charge is -2.30. The van der Waals surface area contributed by atoms with E-state index in [-0.39, 0.29) is 11.7 Å². The third kappa shape index (κ3) is 4.57. The molecule has 0 atom stereocenters. The van der Waals surface area contributed by atoms with Crippen LogP contribution in [0.1, 0.15) is 37.7 Å². The van der Waals surface area contributed by atoms with Gasteiger partial charge in [-0.2, -0.15) is 5.01 Å². The topological polar surface area (TPSA) is 116 Å². The van der Waals surface area contributed by atoms with Crippen LogP contribution in [0.2, 0.25) is 0 Å². The number of hydrazine groups is 1. The minimum atomic E-state index is -0.853. The molecule has 1 aliphatic carbocycles. The van der Waals surface area contributed by atoms with Crippen molar-refractivity contribution in [2.45, 2.75) is 48.5 Å². The van der Waals surface area contributed by atoms with Crippen LogP contribution in [0, 0.1) is 0 Å². The van der Waals surface area contributed by atoms with Crippen molar-refractivity contribution < 1.29 is 14.4 Å². The first-order valence-corrected chi connectivity index (χ1v) is 11.6. The largest absolute Gasteiger partial charge is 0.356 e. The third-order valence-electron chi connectivity index (χ3n) is 5.13. The van der Waals surface area contributed by atoms with Crippen LogP contribution in [-0.2, 0) is 16.1 Å². The zero-order chi connectivity index (χ0) is 21.0. The number of nitrogens with zero attached hydrogens (tertiary/aromatic N) is 3. The molecule has 2 aromatic rings. The number of anilines is 1. The lowest BCUT2D eigenvalue weighted by Crippen LogP contribution is -2.51. The molecule has 1 aromatic heterocycles. The molecule has 3 N–H and O–H groups in total. The maximum Gasteiger partial charge on any atom is 0.344 e. The highest BCUT2D eigenvalue weighted by molar-refractivity contribution is 8.01. The summed E-state index contributed by atoms with van der Waals surface area (Å²) in [5.41, 5.74) is 2.70. The lowest BCUT2D eigenvalue weighted by atomic mass is 9.82. The number of aromatic nitrogens is 2. The SMILES string of the molecule is O=C(CSc1nnc(NCc2ccccc2)s1)NN1C(=O)NC2(CCCCC2)C1=O. The number of imide groups is 1. The molecule has 1 saturated carbocycles. The number of amides is 4. The van der Waals surface area contributed by atoms with E-state index in [4.69, 9.17) is 0 Å². The van der Waals surface area contributed by atoms with Gasteiger partial charge in [0.05, 0.1) is 5.75 Å². The van der Waals surface area contributed by atoms with Crippen molar-refractivity contribution in [3.8, 4) is 0 Å². The minimum absolute atomic E-state index is 0.0252. The van der Waals surface area contributed by atoms with Crippen molar-refractivity contribution in [3.05, 3.63) is 35.9 Å². The molecule has 30 heavy (non-hydrogen) atoms.